The molecule has 1 amide bonds. The van der Waals surface area contributed by atoms with Gasteiger partial charge in [0.1, 0.15) is 17.3 Å². The van der Waals surface area contributed by atoms with Crippen molar-refractivity contribution >= 4 is 11.9 Å². The van der Waals surface area contributed by atoms with Crippen molar-refractivity contribution in [3.05, 3.63) is 108 Å². The van der Waals surface area contributed by atoms with Gasteiger partial charge in [0.2, 0.25) is 0 Å². The van der Waals surface area contributed by atoms with Gasteiger partial charge in [-0.2, -0.15) is 0 Å². The second kappa shape index (κ2) is 12.5. The summed E-state index contributed by atoms with van der Waals surface area (Å²) in [6, 6.07) is 26.3. The Hall–Kier alpha value is -4.65. The number of hydrogen-bond acceptors (Lipinski definition) is 4. The number of hydrogen-bond donors (Lipinski definition) is 2. The predicted octanol–water partition coefficient (Wildman–Crippen LogP) is 5.99. The summed E-state index contributed by atoms with van der Waals surface area (Å²) in [5.74, 6) is -1.22. The highest BCUT2D eigenvalue weighted by molar-refractivity contribution is 5.99. The molecule has 0 aliphatic rings. The summed E-state index contributed by atoms with van der Waals surface area (Å²) in [5, 5.41) is 12.2. The molecule has 0 aromatic heterocycles. The van der Waals surface area contributed by atoms with Crippen LogP contribution in [0.3, 0.4) is 0 Å². The molecule has 0 aliphatic heterocycles. The molecule has 0 saturated heterocycles. The van der Waals surface area contributed by atoms with E-state index in [4.69, 9.17) is 9.47 Å². The van der Waals surface area contributed by atoms with E-state index in [-0.39, 0.29) is 22.8 Å². The van der Waals surface area contributed by atoms with Gasteiger partial charge in [-0.1, -0.05) is 60.7 Å². The highest BCUT2D eigenvalue weighted by Crippen LogP contribution is 2.41. The van der Waals surface area contributed by atoms with Gasteiger partial charge < -0.3 is 19.9 Å². The largest absolute Gasteiger partial charge is 0.497 e. The van der Waals surface area contributed by atoms with E-state index >= 15 is 0 Å². The van der Waals surface area contributed by atoms with Crippen LogP contribution in [0.5, 0.6) is 11.5 Å². The number of benzene rings is 4. The molecular weight excluding hydrogens is 485 g/mol. The Bertz CT molecular complexity index is 1400. The first-order valence-corrected chi connectivity index (χ1v) is 12.2. The molecule has 0 fully saturated rings. The fourth-order valence-electron chi connectivity index (χ4n) is 4.16. The molecule has 38 heavy (non-hydrogen) atoms. The number of aryl methyl sites for hydroxylation is 1. The Morgan fingerprint density at radius 2 is 1.55 bits per heavy atom. The number of nitrogens with one attached hydrogen (secondary N) is 1. The lowest BCUT2D eigenvalue weighted by Gasteiger charge is -2.18. The van der Waals surface area contributed by atoms with Gasteiger partial charge in [0.05, 0.1) is 7.11 Å². The summed E-state index contributed by atoms with van der Waals surface area (Å²) >= 11 is 0. The van der Waals surface area contributed by atoms with E-state index in [9.17, 15) is 19.1 Å². The zero-order chi connectivity index (χ0) is 26.9. The number of carboxylic acid groups (broad SMARTS) is 1. The van der Waals surface area contributed by atoms with Gasteiger partial charge in [0, 0.05) is 28.8 Å². The zero-order valence-corrected chi connectivity index (χ0v) is 20.9. The molecular formula is C31H28FNO5. The molecule has 0 bridgehead atoms. The third-order valence-electron chi connectivity index (χ3n) is 6.03. The molecule has 0 aliphatic carbocycles. The topological polar surface area (TPSA) is 84.9 Å². The van der Waals surface area contributed by atoms with E-state index in [0.29, 0.717) is 29.0 Å². The lowest BCUT2D eigenvalue weighted by molar-refractivity contribution is -0.139. The summed E-state index contributed by atoms with van der Waals surface area (Å²) < 4.78 is 25.9. The number of aliphatic carboxylic acids is 1. The highest BCUT2D eigenvalue weighted by atomic mass is 19.1. The normalized spacial score (nSPS) is 10.6. The van der Waals surface area contributed by atoms with Crippen molar-refractivity contribution < 1.29 is 28.6 Å². The minimum absolute atomic E-state index is 0.170. The maximum atomic E-state index is 14.9. The first-order valence-electron chi connectivity index (χ1n) is 12.2. The van der Waals surface area contributed by atoms with E-state index in [0.717, 1.165) is 12.8 Å². The molecule has 4 aromatic rings. The van der Waals surface area contributed by atoms with Crippen molar-refractivity contribution in [1.29, 1.82) is 0 Å². The average molecular weight is 514 g/mol. The smallest absolute Gasteiger partial charge is 0.341 e. The SMILES string of the molecule is COc1ccc(-c2cc(C(=O)NCCCc3ccccc3)cc(-c3ccccc3F)c2OCC(=O)O)cc1. The van der Waals surface area contributed by atoms with Crippen LogP contribution in [0.25, 0.3) is 22.3 Å². The fraction of sp³-hybridized carbons (Fsp3) is 0.161. The number of rotatable bonds is 11. The summed E-state index contributed by atoms with van der Waals surface area (Å²) in [5.41, 5.74) is 3.09. The second-order valence-electron chi connectivity index (χ2n) is 8.64. The molecule has 0 heterocycles. The first-order chi connectivity index (χ1) is 18.5. The van der Waals surface area contributed by atoms with Crippen LogP contribution in [-0.2, 0) is 11.2 Å². The molecule has 0 atom stereocenters. The standard InChI is InChI=1S/C31H28FNO5/c1-37-24-15-13-22(14-16-24)26-18-23(31(36)33-17-7-10-21-8-3-2-4-9-21)19-27(30(26)38-20-29(34)35)25-11-5-6-12-28(25)32/h2-6,8-9,11-16,18-19H,7,10,17,20H2,1H3,(H,33,36)(H,34,35). The maximum absolute atomic E-state index is 14.9. The molecule has 2 N–H and O–H groups in total. The van der Waals surface area contributed by atoms with Gasteiger partial charge in [0.15, 0.2) is 6.61 Å². The first kappa shape index (κ1) is 26.4. The Morgan fingerprint density at radius 1 is 0.868 bits per heavy atom. The minimum Gasteiger partial charge on any atom is -0.497 e. The summed E-state index contributed by atoms with van der Waals surface area (Å²) in [7, 11) is 1.55. The maximum Gasteiger partial charge on any atom is 0.341 e. The van der Waals surface area contributed by atoms with Crippen molar-refractivity contribution in [2.75, 3.05) is 20.3 Å². The number of methoxy groups -OCH3 is 1. The Balaban J connectivity index is 1.72. The third kappa shape index (κ3) is 6.56. The number of ether oxygens (including phenoxy) is 2. The van der Waals surface area contributed by atoms with Crippen LogP contribution in [0.1, 0.15) is 22.3 Å². The molecule has 4 aromatic carbocycles. The zero-order valence-electron chi connectivity index (χ0n) is 20.9. The van der Waals surface area contributed by atoms with E-state index in [1.807, 2.05) is 30.3 Å². The van der Waals surface area contributed by atoms with Gasteiger partial charge in [-0.25, -0.2) is 9.18 Å². The second-order valence-corrected chi connectivity index (χ2v) is 8.64. The van der Waals surface area contributed by atoms with E-state index < -0.39 is 18.4 Å². The number of carbonyl (C=O) groups is 2. The fourth-order valence-corrected chi connectivity index (χ4v) is 4.16. The number of carboxylic acids is 1. The van der Waals surface area contributed by atoms with Crippen molar-refractivity contribution in [1.82, 2.24) is 5.32 Å². The van der Waals surface area contributed by atoms with E-state index in [2.05, 4.69) is 5.32 Å². The molecule has 7 heteroatoms. The van der Waals surface area contributed by atoms with Crippen molar-refractivity contribution in [2.45, 2.75) is 12.8 Å². The molecule has 0 unspecified atom stereocenters. The van der Waals surface area contributed by atoms with Crippen LogP contribution in [0, 0.1) is 5.82 Å². The lowest BCUT2D eigenvalue weighted by Crippen LogP contribution is -2.25. The highest BCUT2D eigenvalue weighted by Gasteiger charge is 2.21. The van der Waals surface area contributed by atoms with Gasteiger partial charge >= 0.3 is 5.97 Å². The lowest BCUT2D eigenvalue weighted by atomic mass is 9.93. The molecule has 0 spiro atoms. The van der Waals surface area contributed by atoms with Gasteiger partial charge in [-0.3, -0.25) is 4.79 Å². The van der Waals surface area contributed by atoms with Gasteiger partial charge in [0.25, 0.3) is 5.91 Å². The van der Waals surface area contributed by atoms with Gasteiger partial charge in [-0.05, 0) is 54.3 Å². The third-order valence-corrected chi connectivity index (χ3v) is 6.03. The van der Waals surface area contributed by atoms with Crippen LogP contribution in [0.4, 0.5) is 4.39 Å². The van der Waals surface area contributed by atoms with Crippen LogP contribution < -0.4 is 14.8 Å². The minimum atomic E-state index is -1.18. The molecule has 4 rings (SSSR count). The number of halogens is 1. The Morgan fingerprint density at radius 3 is 2.24 bits per heavy atom. The molecule has 0 radical (unpaired) electrons. The quantitative estimate of drug-likeness (QED) is 0.241. The van der Waals surface area contributed by atoms with Crippen molar-refractivity contribution in [2.24, 2.45) is 0 Å². The van der Waals surface area contributed by atoms with Crippen molar-refractivity contribution in [3.63, 3.8) is 0 Å². The van der Waals surface area contributed by atoms with Crippen LogP contribution in [0.2, 0.25) is 0 Å². The van der Waals surface area contributed by atoms with Gasteiger partial charge in [-0.15, -0.1) is 0 Å². The Kier molecular flexibility index (Phi) is 8.72. The summed E-state index contributed by atoms with van der Waals surface area (Å²) in [6.45, 7) is -0.173. The van der Waals surface area contributed by atoms with Crippen LogP contribution in [-0.4, -0.2) is 37.2 Å². The van der Waals surface area contributed by atoms with E-state index in [1.165, 1.54) is 17.7 Å². The summed E-state index contributed by atoms with van der Waals surface area (Å²) in [4.78, 5) is 24.6. The van der Waals surface area contributed by atoms with Crippen LogP contribution >= 0.6 is 0 Å². The predicted molar refractivity (Wildman–Crippen MR) is 144 cm³/mol. The Labute approximate surface area is 220 Å². The molecule has 6 nitrogen and oxygen atoms in total. The number of carbonyl (C=O) groups excluding carboxylic acids is 1. The average Bonchev–Trinajstić information content (AvgIpc) is 2.94. The number of amides is 1. The monoisotopic (exact) mass is 513 g/mol. The van der Waals surface area contributed by atoms with Crippen LogP contribution in [0.15, 0.2) is 91.0 Å². The van der Waals surface area contributed by atoms with E-state index in [1.54, 1.807) is 55.6 Å². The molecule has 0 saturated carbocycles. The molecule has 194 valence electrons. The van der Waals surface area contributed by atoms with Crippen molar-refractivity contribution in [3.8, 4) is 33.8 Å². The summed E-state index contributed by atoms with van der Waals surface area (Å²) in [6.07, 6.45) is 1.57.